The second-order valence-electron chi connectivity index (χ2n) is 14.3. The molecule has 1 aromatic carbocycles. The first kappa shape index (κ1) is 29.7. The lowest BCUT2D eigenvalue weighted by Crippen LogP contribution is -2.50. The minimum atomic E-state index is -0.539. The van der Waals surface area contributed by atoms with Gasteiger partial charge in [-0.2, -0.15) is 0 Å². The SMILES string of the molecule is CCCCCCCC[C@@H]1CC[C@@H]2[C@@H]3CC=C4C[C@@H](OC(=O)[C@@H](CC)Oc5ccccc5)CC[C@]4(C)[C@H]3CC[C@]12C. The number of hydrogen-bond acceptors (Lipinski definition) is 3. The van der Waals surface area contributed by atoms with E-state index < -0.39 is 6.10 Å². The van der Waals surface area contributed by atoms with Crippen molar-refractivity contribution < 1.29 is 14.3 Å². The first-order valence-electron chi connectivity index (χ1n) is 17.0. The van der Waals surface area contributed by atoms with Gasteiger partial charge in [0.2, 0.25) is 0 Å². The predicted molar refractivity (Wildman–Crippen MR) is 164 cm³/mol. The van der Waals surface area contributed by atoms with Crippen molar-refractivity contribution in [2.24, 2.45) is 34.5 Å². The second-order valence-corrected chi connectivity index (χ2v) is 14.3. The van der Waals surface area contributed by atoms with E-state index in [9.17, 15) is 4.79 Å². The molecular formula is C37H56O3. The Morgan fingerprint density at radius 3 is 2.48 bits per heavy atom. The van der Waals surface area contributed by atoms with E-state index in [-0.39, 0.29) is 17.5 Å². The lowest BCUT2D eigenvalue weighted by Gasteiger charge is -2.58. The minimum absolute atomic E-state index is 0.0150. The van der Waals surface area contributed by atoms with Crippen LogP contribution >= 0.6 is 0 Å². The van der Waals surface area contributed by atoms with E-state index in [1.165, 1.54) is 77.0 Å². The fourth-order valence-corrected chi connectivity index (χ4v) is 9.68. The highest BCUT2D eigenvalue weighted by Gasteiger charge is 2.58. The summed E-state index contributed by atoms with van der Waals surface area (Å²) >= 11 is 0. The monoisotopic (exact) mass is 548 g/mol. The van der Waals surface area contributed by atoms with E-state index in [2.05, 4.69) is 26.8 Å². The zero-order chi connectivity index (χ0) is 28.2. The van der Waals surface area contributed by atoms with Gasteiger partial charge in [-0.25, -0.2) is 4.79 Å². The van der Waals surface area contributed by atoms with Crippen molar-refractivity contribution in [1.82, 2.24) is 0 Å². The van der Waals surface area contributed by atoms with Gasteiger partial charge < -0.3 is 9.47 Å². The number of ether oxygens (including phenoxy) is 2. The van der Waals surface area contributed by atoms with Crippen LogP contribution in [-0.4, -0.2) is 18.2 Å². The molecule has 3 nitrogen and oxygen atoms in total. The van der Waals surface area contributed by atoms with Crippen molar-refractivity contribution in [3.63, 3.8) is 0 Å². The molecule has 0 unspecified atom stereocenters. The van der Waals surface area contributed by atoms with Gasteiger partial charge in [0.25, 0.3) is 0 Å². The van der Waals surface area contributed by atoms with E-state index in [0.717, 1.165) is 48.7 Å². The van der Waals surface area contributed by atoms with Crippen LogP contribution in [0.5, 0.6) is 5.75 Å². The van der Waals surface area contributed by atoms with Crippen molar-refractivity contribution in [1.29, 1.82) is 0 Å². The number of esters is 1. The molecule has 0 saturated heterocycles. The highest BCUT2D eigenvalue weighted by Crippen LogP contribution is 2.66. The molecule has 3 saturated carbocycles. The summed E-state index contributed by atoms with van der Waals surface area (Å²) in [5, 5.41) is 0. The summed E-state index contributed by atoms with van der Waals surface area (Å²) in [4.78, 5) is 13.1. The molecule has 4 aliphatic rings. The van der Waals surface area contributed by atoms with Crippen LogP contribution in [0, 0.1) is 34.5 Å². The maximum Gasteiger partial charge on any atom is 0.347 e. The number of allylic oxidation sites excluding steroid dienone is 1. The molecule has 0 aliphatic heterocycles. The number of hydrogen-bond donors (Lipinski definition) is 0. The van der Waals surface area contributed by atoms with Gasteiger partial charge in [-0.15, -0.1) is 0 Å². The Morgan fingerprint density at radius 1 is 0.925 bits per heavy atom. The predicted octanol–water partition coefficient (Wildman–Crippen LogP) is 10.1. The van der Waals surface area contributed by atoms with Crippen molar-refractivity contribution in [3.05, 3.63) is 42.0 Å². The van der Waals surface area contributed by atoms with E-state index in [4.69, 9.17) is 9.47 Å². The molecule has 5 rings (SSSR count). The Hall–Kier alpha value is -1.77. The Labute approximate surface area is 244 Å². The molecule has 0 radical (unpaired) electrons. The largest absolute Gasteiger partial charge is 0.479 e. The number of carbonyl (C=O) groups is 1. The van der Waals surface area contributed by atoms with E-state index >= 15 is 0 Å². The van der Waals surface area contributed by atoms with Gasteiger partial charge in [0.05, 0.1) is 0 Å². The van der Waals surface area contributed by atoms with Crippen molar-refractivity contribution in [3.8, 4) is 5.75 Å². The van der Waals surface area contributed by atoms with Gasteiger partial charge in [0, 0.05) is 6.42 Å². The highest BCUT2D eigenvalue weighted by molar-refractivity contribution is 5.75. The van der Waals surface area contributed by atoms with Crippen LogP contribution in [-0.2, 0) is 9.53 Å². The topological polar surface area (TPSA) is 35.5 Å². The fourth-order valence-electron chi connectivity index (χ4n) is 9.68. The Balaban J connectivity index is 1.17. The molecule has 0 bridgehead atoms. The van der Waals surface area contributed by atoms with Crippen LogP contribution in [0.2, 0.25) is 0 Å². The normalized spacial score (nSPS) is 35.6. The summed E-state index contributed by atoms with van der Waals surface area (Å²) in [7, 11) is 0. The molecule has 0 spiro atoms. The van der Waals surface area contributed by atoms with E-state index in [0.29, 0.717) is 11.8 Å². The molecule has 4 aliphatic carbocycles. The van der Waals surface area contributed by atoms with Crippen LogP contribution in [0.3, 0.4) is 0 Å². The van der Waals surface area contributed by atoms with Crippen molar-refractivity contribution in [2.75, 3.05) is 0 Å². The Morgan fingerprint density at radius 2 is 1.70 bits per heavy atom. The summed E-state index contributed by atoms with van der Waals surface area (Å²) < 4.78 is 12.1. The van der Waals surface area contributed by atoms with Crippen LogP contribution in [0.15, 0.2) is 42.0 Å². The average Bonchev–Trinajstić information content (AvgIpc) is 3.30. The third-order valence-corrected chi connectivity index (χ3v) is 12.1. The number of para-hydroxylation sites is 1. The van der Waals surface area contributed by atoms with Gasteiger partial charge >= 0.3 is 5.97 Å². The molecule has 8 atom stereocenters. The number of carbonyl (C=O) groups excluding carboxylic acids is 1. The number of benzene rings is 1. The standard InChI is InChI=1S/C37H56O3/c1-5-7-8-9-10-12-15-27-19-21-32-31-20-18-28-26-30(22-24-37(28,4)33(31)23-25-36(27,32)3)40-35(38)34(6-2)39-29-16-13-11-14-17-29/h11,13-14,16-18,27,30-34H,5-10,12,15,19-26H2,1-4H3/t27-,30+,31+,32-,33+,34-,36-,37+/m1/s1. The fraction of sp³-hybridized carbons (Fsp3) is 0.757. The average molecular weight is 549 g/mol. The van der Waals surface area contributed by atoms with Crippen LogP contribution < -0.4 is 4.74 Å². The second kappa shape index (κ2) is 13.0. The molecule has 0 N–H and O–H groups in total. The van der Waals surface area contributed by atoms with Gasteiger partial charge in [0.15, 0.2) is 6.10 Å². The summed E-state index contributed by atoms with van der Waals surface area (Å²) in [5.41, 5.74) is 2.43. The molecule has 40 heavy (non-hydrogen) atoms. The lowest BCUT2D eigenvalue weighted by atomic mass is 9.47. The summed E-state index contributed by atoms with van der Waals surface area (Å²) in [6.45, 7) is 9.55. The lowest BCUT2D eigenvalue weighted by molar-refractivity contribution is -0.160. The first-order chi connectivity index (χ1) is 19.4. The highest BCUT2D eigenvalue weighted by atomic mass is 16.6. The maximum atomic E-state index is 13.1. The Bertz CT molecular complexity index is 1000. The van der Waals surface area contributed by atoms with Crippen molar-refractivity contribution >= 4 is 5.97 Å². The summed E-state index contributed by atoms with van der Waals surface area (Å²) in [6, 6.07) is 9.64. The first-order valence-corrected chi connectivity index (χ1v) is 17.0. The van der Waals surface area contributed by atoms with Crippen LogP contribution in [0.1, 0.15) is 130 Å². The van der Waals surface area contributed by atoms with Crippen molar-refractivity contribution in [2.45, 2.75) is 143 Å². The smallest absolute Gasteiger partial charge is 0.347 e. The molecule has 222 valence electrons. The third kappa shape index (κ3) is 6.05. The molecular weight excluding hydrogens is 492 g/mol. The van der Waals surface area contributed by atoms with E-state index in [1.807, 2.05) is 37.3 Å². The van der Waals surface area contributed by atoms with Gasteiger partial charge in [-0.05, 0) is 104 Å². The number of fused-ring (bicyclic) bond motifs is 5. The molecule has 1 aromatic rings. The third-order valence-electron chi connectivity index (χ3n) is 12.1. The molecule has 3 heteroatoms. The maximum absolute atomic E-state index is 13.1. The van der Waals surface area contributed by atoms with Gasteiger partial charge in [0.1, 0.15) is 11.9 Å². The molecule has 0 aromatic heterocycles. The summed E-state index contributed by atoms with van der Waals surface area (Å²) in [6.07, 6.45) is 22.7. The molecule has 0 amide bonds. The number of rotatable bonds is 12. The summed E-state index contributed by atoms with van der Waals surface area (Å²) in [5.74, 6) is 4.04. The zero-order valence-corrected chi connectivity index (χ0v) is 26.0. The quantitative estimate of drug-likeness (QED) is 0.148. The number of unbranched alkanes of at least 4 members (excludes halogenated alkanes) is 5. The van der Waals surface area contributed by atoms with Gasteiger partial charge in [-0.1, -0.05) is 96.1 Å². The molecule has 3 fully saturated rings. The zero-order valence-electron chi connectivity index (χ0n) is 26.0. The van der Waals surface area contributed by atoms with Crippen LogP contribution in [0.25, 0.3) is 0 Å². The van der Waals surface area contributed by atoms with Crippen LogP contribution in [0.4, 0.5) is 0 Å². The Kier molecular flexibility index (Phi) is 9.68. The molecule has 0 heterocycles. The van der Waals surface area contributed by atoms with E-state index in [1.54, 1.807) is 5.57 Å². The van der Waals surface area contributed by atoms with Gasteiger partial charge in [-0.3, -0.25) is 0 Å². The minimum Gasteiger partial charge on any atom is -0.479 e.